The van der Waals surface area contributed by atoms with Gasteiger partial charge < -0.3 is 14.6 Å². The average molecular weight is 274 g/mol. The second-order valence-corrected chi connectivity index (χ2v) is 5.66. The fraction of sp³-hybridized carbons (Fsp3) is 0.364. The Morgan fingerprint density at radius 1 is 1.44 bits per heavy atom. The summed E-state index contributed by atoms with van der Waals surface area (Å²) in [5, 5.41) is 17.9. The molecule has 0 aliphatic carbocycles. The van der Waals surface area contributed by atoms with Crippen LogP contribution in [0, 0.1) is 0 Å². The molecule has 0 radical (unpaired) electrons. The Morgan fingerprint density at radius 3 is 2.83 bits per heavy atom. The lowest BCUT2D eigenvalue weighted by Crippen LogP contribution is -2.74. The van der Waals surface area contributed by atoms with Crippen molar-refractivity contribution in [1.82, 2.24) is 0 Å². The Morgan fingerprint density at radius 2 is 2.22 bits per heavy atom. The van der Waals surface area contributed by atoms with E-state index in [2.05, 4.69) is 4.99 Å². The molecule has 1 rings (SSSR count). The molecule has 0 unspecified atom stereocenters. The minimum Gasteiger partial charge on any atom is -0.468 e. The monoisotopic (exact) mass is 274 g/mol. The van der Waals surface area contributed by atoms with Gasteiger partial charge in [-0.1, -0.05) is 6.08 Å². The van der Waals surface area contributed by atoms with E-state index in [1.807, 2.05) is 0 Å². The van der Waals surface area contributed by atoms with Crippen molar-refractivity contribution in [2.75, 3.05) is 18.9 Å². The first kappa shape index (κ1) is 14.5. The Balaban J connectivity index is 2.52. The standard InChI is InChI=1S/C11H15NO5S/c13-6-2-1-5-12-11(14)9-18(15,16)8-10-4-3-7-17-10/h1-4,7,13H,5-6,8-9H2,(H,12,14)/p+1/b2-1-. The van der Waals surface area contributed by atoms with Crippen molar-refractivity contribution < 1.29 is 28.0 Å². The van der Waals surface area contributed by atoms with E-state index in [0.717, 1.165) is 0 Å². The van der Waals surface area contributed by atoms with Crippen molar-refractivity contribution in [3.63, 3.8) is 0 Å². The number of hydrogen-bond donors (Lipinski definition) is 3. The fourth-order valence-electron chi connectivity index (χ4n) is 1.26. The molecule has 3 N–H and O–H groups in total. The molecule has 0 saturated carbocycles. The first-order chi connectivity index (χ1) is 8.53. The number of hydrogen-bond acceptors (Lipinski definition) is 4. The predicted molar refractivity (Wildman–Crippen MR) is 65.9 cm³/mol. The van der Waals surface area contributed by atoms with Gasteiger partial charge in [-0.15, -0.1) is 0 Å². The number of rotatable bonds is 7. The third kappa shape index (κ3) is 5.65. The zero-order valence-corrected chi connectivity index (χ0v) is 10.6. The Hall–Kier alpha value is -1.60. The third-order valence-electron chi connectivity index (χ3n) is 1.99. The highest BCUT2D eigenvalue weighted by Gasteiger charge is 2.19. The molecule has 100 valence electrons. The molecule has 18 heavy (non-hydrogen) atoms. The normalized spacial score (nSPS) is 13.3. The highest BCUT2D eigenvalue weighted by atomic mass is 32.2. The van der Waals surface area contributed by atoms with E-state index in [4.69, 9.17) is 9.52 Å². The van der Waals surface area contributed by atoms with Crippen molar-refractivity contribution in [2.45, 2.75) is 5.75 Å². The minimum atomic E-state index is -3.46. The summed E-state index contributed by atoms with van der Waals surface area (Å²) in [7, 11) is -3.46. The lowest BCUT2D eigenvalue weighted by atomic mass is 10.5. The molecule has 1 aromatic heterocycles. The van der Waals surface area contributed by atoms with E-state index in [-0.39, 0.29) is 24.8 Å². The van der Waals surface area contributed by atoms with Gasteiger partial charge in [-0.05, 0) is 18.2 Å². The number of furan rings is 1. The number of sulfone groups is 1. The van der Waals surface area contributed by atoms with Gasteiger partial charge >= 0.3 is 5.90 Å². The Bertz CT molecular complexity index is 502. The van der Waals surface area contributed by atoms with Crippen LogP contribution in [0.15, 0.2) is 35.0 Å². The van der Waals surface area contributed by atoms with Crippen LogP contribution in [0.3, 0.4) is 0 Å². The molecule has 0 spiro atoms. The van der Waals surface area contributed by atoms with Crippen molar-refractivity contribution in [3.8, 4) is 0 Å². The van der Waals surface area contributed by atoms with Crippen LogP contribution in [0.25, 0.3) is 0 Å². The lowest BCUT2D eigenvalue weighted by Gasteiger charge is -1.97. The van der Waals surface area contributed by atoms with Crippen molar-refractivity contribution in [2.24, 2.45) is 0 Å². The van der Waals surface area contributed by atoms with Crippen LogP contribution in [-0.2, 0) is 15.6 Å². The first-order valence-corrected chi connectivity index (χ1v) is 7.13. The second-order valence-electron chi connectivity index (χ2n) is 3.59. The van der Waals surface area contributed by atoms with E-state index in [1.165, 1.54) is 12.3 Å². The van der Waals surface area contributed by atoms with Gasteiger partial charge in [0.15, 0.2) is 22.1 Å². The van der Waals surface area contributed by atoms with E-state index >= 15 is 0 Å². The van der Waals surface area contributed by atoms with Gasteiger partial charge in [0.2, 0.25) is 0 Å². The van der Waals surface area contributed by atoms with Crippen LogP contribution in [0.2, 0.25) is 0 Å². The second kappa shape index (κ2) is 6.97. The number of aliphatic hydroxyl groups is 2. The molecule has 1 heterocycles. The average Bonchev–Trinajstić information content (AvgIpc) is 2.75. The zero-order valence-electron chi connectivity index (χ0n) is 9.74. The zero-order chi connectivity index (χ0) is 13.4. The highest BCUT2D eigenvalue weighted by molar-refractivity contribution is 7.91. The quantitative estimate of drug-likeness (QED) is 0.329. The molecule has 7 heteroatoms. The van der Waals surface area contributed by atoms with Gasteiger partial charge in [0.25, 0.3) is 0 Å². The summed E-state index contributed by atoms with van der Waals surface area (Å²) in [6.07, 6.45) is 4.46. The maximum atomic E-state index is 11.7. The van der Waals surface area contributed by atoms with Gasteiger partial charge in [0, 0.05) is 0 Å². The van der Waals surface area contributed by atoms with Gasteiger partial charge in [0.1, 0.15) is 11.5 Å². The summed E-state index contributed by atoms with van der Waals surface area (Å²) in [6.45, 7) is 0.155. The van der Waals surface area contributed by atoms with Crippen LogP contribution >= 0.6 is 0 Å². The predicted octanol–water partition coefficient (Wildman–Crippen LogP) is -1.22. The molecule has 6 nitrogen and oxygen atoms in total. The van der Waals surface area contributed by atoms with Crippen molar-refractivity contribution in [1.29, 1.82) is 0 Å². The highest BCUT2D eigenvalue weighted by Crippen LogP contribution is 2.06. The largest absolute Gasteiger partial charge is 0.468 e. The van der Waals surface area contributed by atoms with Gasteiger partial charge in [-0.2, -0.15) is 0 Å². The summed E-state index contributed by atoms with van der Waals surface area (Å²) in [5.74, 6) is -0.717. The molecule has 0 aromatic carbocycles. The Kier molecular flexibility index (Phi) is 5.60. The van der Waals surface area contributed by atoms with Crippen molar-refractivity contribution >= 4 is 15.7 Å². The van der Waals surface area contributed by atoms with E-state index in [9.17, 15) is 13.5 Å². The maximum absolute atomic E-state index is 11.7. The van der Waals surface area contributed by atoms with Crippen LogP contribution < -0.4 is 4.99 Å². The molecule has 0 aliphatic rings. The summed E-state index contributed by atoms with van der Waals surface area (Å²) < 4.78 is 28.3. The van der Waals surface area contributed by atoms with E-state index in [1.54, 1.807) is 18.2 Å². The first-order valence-electron chi connectivity index (χ1n) is 5.31. The lowest BCUT2D eigenvalue weighted by molar-refractivity contribution is -0.454. The molecule has 0 aliphatic heterocycles. The maximum Gasteiger partial charge on any atom is 0.348 e. The number of aliphatic hydroxyl groups excluding tert-OH is 2. The Labute approximate surface area is 105 Å². The van der Waals surface area contributed by atoms with Crippen LogP contribution in [0.5, 0.6) is 0 Å². The van der Waals surface area contributed by atoms with E-state index < -0.39 is 15.6 Å². The molecule has 0 amide bonds. The summed E-state index contributed by atoms with van der Waals surface area (Å²) in [5.41, 5.74) is 0. The molecule has 0 saturated heterocycles. The molecular weight excluding hydrogens is 258 g/mol. The molecule has 0 fully saturated rings. The van der Waals surface area contributed by atoms with Crippen LogP contribution in [0.1, 0.15) is 5.76 Å². The van der Waals surface area contributed by atoms with Crippen molar-refractivity contribution in [3.05, 3.63) is 36.3 Å². The van der Waals surface area contributed by atoms with Gasteiger partial charge in [-0.25, -0.2) is 13.4 Å². The van der Waals surface area contributed by atoms with Crippen LogP contribution in [-0.4, -0.2) is 43.4 Å². The molecular formula is C11H16NO5S+. The number of nitrogens with one attached hydrogen (secondary N) is 1. The van der Waals surface area contributed by atoms with Gasteiger partial charge in [-0.3, -0.25) is 0 Å². The smallest absolute Gasteiger partial charge is 0.348 e. The van der Waals surface area contributed by atoms with E-state index in [0.29, 0.717) is 5.76 Å². The molecule has 0 bridgehead atoms. The topological polar surface area (TPSA) is 102 Å². The molecule has 1 aromatic rings. The summed E-state index contributed by atoms with van der Waals surface area (Å²) in [4.78, 5) is 2.52. The summed E-state index contributed by atoms with van der Waals surface area (Å²) in [6, 6.07) is 3.17. The SMILES string of the molecule is O=S(=O)(CC(O)=[NH+]C/C=C\CO)Cc1ccco1. The van der Waals surface area contributed by atoms with Gasteiger partial charge in [0.05, 0.1) is 12.9 Å². The minimum absolute atomic E-state index is 0.0980. The summed E-state index contributed by atoms with van der Waals surface area (Å²) >= 11 is 0. The third-order valence-corrected chi connectivity index (χ3v) is 3.43. The fourth-order valence-corrected chi connectivity index (χ4v) is 2.47. The molecule has 0 atom stereocenters. The van der Waals surface area contributed by atoms with Crippen LogP contribution in [0.4, 0.5) is 0 Å².